The van der Waals surface area contributed by atoms with Gasteiger partial charge < -0.3 is 14.7 Å². The lowest BCUT2D eigenvalue weighted by atomic mass is 10.1. The van der Waals surface area contributed by atoms with Crippen molar-refractivity contribution in [3.63, 3.8) is 0 Å². The first-order valence-corrected chi connectivity index (χ1v) is 6.45. The second-order valence-corrected chi connectivity index (χ2v) is 5.86. The van der Waals surface area contributed by atoms with E-state index in [9.17, 15) is 9.90 Å². The number of carbonyl (C=O) groups excluding carboxylic acids is 1. The van der Waals surface area contributed by atoms with Crippen LogP contribution in [0.25, 0.3) is 0 Å². The van der Waals surface area contributed by atoms with Gasteiger partial charge in [-0.15, -0.1) is 0 Å². The molecule has 0 aromatic rings. The smallest absolute Gasteiger partial charge is 0.410 e. The Morgan fingerprint density at radius 2 is 1.82 bits per heavy atom. The first-order valence-electron chi connectivity index (χ1n) is 6.45. The fourth-order valence-electron chi connectivity index (χ4n) is 2.19. The van der Waals surface area contributed by atoms with Gasteiger partial charge in [-0.3, -0.25) is 0 Å². The molecule has 1 rings (SSSR count). The number of amides is 1. The van der Waals surface area contributed by atoms with Gasteiger partial charge in [-0.1, -0.05) is 19.3 Å². The van der Waals surface area contributed by atoms with Crippen molar-refractivity contribution in [2.75, 3.05) is 7.05 Å². The Morgan fingerprint density at radius 1 is 1.24 bits per heavy atom. The maximum Gasteiger partial charge on any atom is 0.410 e. The minimum Gasteiger partial charge on any atom is -0.444 e. The molecule has 4 nitrogen and oxygen atoms in total. The molecule has 1 fully saturated rings. The first kappa shape index (κ1) is 14.3. The van der Waals surface area contributed by atoms with Crippen molar-refractivity contribution < 1.29 is 14.6 Å². The molecule has 0 aliphatic heterocycles. The summed E-state index contributed by atoms with van der Waals surface area (Å²) in [5.74, 6) is 0. The zero-order valence-electron chi connectivity index (χ0n) is 11.4. The van der Waals surface area contributed by atoms with Crippen LogP contribution in [0.1, 0.15) is 52.9 Å². The van der Waals surface area contributed by atoms with Crippen LogP contribution < -0.4 is 0 Å². The van der Waals surface area contributed by atoms with Crippen LogP contribution in [0.15, 0.2) is 0 Å². The Balaban J connectivity index is 2.60. The van der Waals surface area contributed by atoms with E-state index in [-0.39, 0.29) is 12.1 Å². The largest absolute Gasteiger partial charge is 0.444 e. The average molecular weight is 243 g/mol. The second kappa shape index (κ2) is 5.71. The lowest BCUT2D eigenvalue weighted by Gasteiger charge is -2.32. The Kier molecular flexibility index (Phi) is 4.80. The highest BCUT2D eigenvalue weighted by Gasteiger charge is 2.30. The molecule has 1 aliphatic rings. The van der Waals surface area contributed by atoms with Gasteiger partial charge in [-0.25, -0.2) is 4.79 Å². The molecule has 17 heavy (non-hydrogen) atoms. The van der Waals surface area contributed by atoms with Crippen molar-refractivity contribution in [2.45, 2.75) is 70.6 Å². The first-order chi connectivity index (χ1) is 7.81. The Bertz CT molecular complexity index is 260. The fourth-order valence-corrected chi connectivity index (χ4v) is 2.19. The van der Waals surface area contributed by atoms with Crippen LogP contribution in [0.5, 0.6) is 0 Å². The van der Waals surface area contributed by atoms with Gasteiger partial charge in [-0.05, 0) is 33.6 Å². The van der Waals surface area contributed by atoms with Crippen LogP contribution in [0, 0.1) is 0 Å². The summed E-state index contributed by atoms with van der Waals surface area (Å²) < 4.78 is 5.32. The molecule has 0 unspecified atom stereocenters. The number of likely N-dealkylation sites (N-methyl/N-ethyl adjacent to an activating group) is 1. The zero-order valence-corrected chi connectivity index (χ0v) is 11.4. The number of nitrogens with zero attached hydrogens (tertiary/aromatic N) is 1. The molecule has 0 radical (unpaired) electrons. The molecular formula is C13H25NO3. The van der Waals surface area contributed by atoms with Crippen molar-refractivity contribution in [1.82, 2.24) is 4.90 Å². The van der Waals surface area contributed by atoms with Crippen LogP contribution in [-0.2, 0) is 4.74 Å². The Morgan fingerprint density at radius 3 is 2.41 bits per heavy atom. The number of aliphatic hydroxyl groups is 1. The number of ether oxygens (including phenoxy) is 1. The second-order valence-electron chi connectivity index (χ2n) is 5.86. The summed E-state index contributed by atoms with van der Waals surface area (Å²) in [6.45, 7) is 5.55. The highest BCUT2D eigenvalue weighted by Crippen LogP contribution is 2.23. The van der Waals surface area contributed by atoms with Crippen LogP contribution >= 0.6 is 0 Å². The fraction of sp³-hybridized carbons (Fsp3) is 0.923. The van der Waals surface area contributed by atoms with Crippen molar-refractivity contribution in [3.05, 3.63) is 0 Å². The third-order valence-corrected chi connectivity index (χ3v) is 3.12. The van der Waals surface area contributed by atoms with E-state index >= 15 is 0 Å². The topological polar surface area (TPSA) is 49.8 Å². The molecule has 1 saturated carbocycles. The van der Waals surface area contributed by atoms with Crippen LogP contribution in [0.3, 0.4) is 0 Å². The molecule has 4 heteroatoms. The van der Waals surface area contributed by atoms with Crippen molar-refractivity contribution in [1.29, 1.82) is 0 Å². The summed E-state index contributed by atoms with van der Waals surface area (Å²) in [5, 5.41) is 10.0. The van der Waals surface area contributed by atoms with E-state index in [1.165, 1.54) is 0 Å². The van der Waals surface area contributed by atoms with Crippen molar-refractivity contribution in [2.24, 2.45) is 0 Å². The van der Waals surface area contributed by atoms with E-state index in [0.717, 1.165) is 32.1 Å². The molecule has 0 aromatic heterocycles. The van der Waals surface area contributed by atoms with Gasteiger partial charge in [0, 0.05) is 7.05 Å². The third-order valence-electron chi connectivity index (χ3n) is 3.12. The van der Waals surface area contributed by atoms with Crippen molar-refractivity contribution >= 4 is 6.09 Å². The van der Waals surface area contributed by atoms with Gasteiger partial charge in [0.05, 0.1) is 12.1 Å². The predicted octanol–water partition coefficient (Wildman–Crippen LogP) is 2.55. The van der Waals surface area contributed by atoms with Gasteiger partial charge in [0.1, 0.15) is 5.60 Å². The molecule has 1 N–H and O–H groups in total. The van der Waals surface area contributed by atoms with Gasteiger partial charge >= 0.3 is 6.09 Å². The number of carbonyl (C=O) groups is 1. The highest BCUT2D eigenvalue weighted by molar-refractivity contribution is 5.68. The average Bonchev–Trinajstić information content (AvgIpc) is 2.39. The van der Waals surface area contributed by atoms with E-state index in [1.54, 1.807) is 11.9 Å². The van der Waals surface area contributed by atoms with Crippen molar-refractivity contribution in [3.8, 4) is 0 Å². The standard InChI is InChI=1S/C13H25NO3/c1-13(2,3)17-12(16)14(4)10-8-6-5-7-9-11(10)15/h10-11,15H,5-9H2,1-4H3/t10-,11-/m1/s1. The Hall–Kier alpha value is -0.770. The number of rotatable bonds is 1. The van der Waals surface area contributed by atoms with Crippen LogP contribution in [-0.4, -0.2) is 40.9 Å². The van der Waals surface area contributed by atoms with E-state index in [4.69, 9.17) is 4.74 Å². The molecule has 0 aromatic carbocycles. The Labute approximate surface area is 104 Å². The lowest BCUT2D eigenvalue weighted by molar-refractivity contribution is 0.000683. The van der Waals surface area contributed by atoms with Gasteiger partial charge in [0.25, 0.3) is 0 Å². The number of hydrogen-bond acceptors (Lipinski definition) is 3. The van der Waals surface area contributed by atoms with E-state index in [1.807, 2.05) is 20.8 Å². The summed E-state index contributed by atoms with van der Waals surface area (Å²) in [5.41, 5.74) is -0.485. The quantitative estimate of drug-likeness (QED) is 0.720. The van der Waals surface area contributed by atoms with E-state index < -0.39 is 11.7 Å². The minimum absolute atomic E-state index is 0.104. The van der Waals surface area contributed by atoms with Crippen LogP contribution in [0.4, 0.5) is 4.79 Å². The summed E-state index contributed by atoms with van der Waals surface area (Å²) >= 11 is 0. The normalized spacial score (nSPS) is 26.2. The number of aliphatic hydroxyl groups excluding tert-OH is 1. The molecule has 0 saturated heterocycles. The summed E-state index contributed by atoms with van der Waals surface area (Å²) in [6.07, 6.45) is 4.11. The number of hydrogen-bond donors (Lipinski definition) is 1. The summed E-state index contributed by atoms with van der Waals surface area (Å²) in [7, 11) is 1.72. The SMILES string of the molecule is CN(C(=O)OC(C)(C)C)[C@@H]1CCCCC[C@H]1O. The maximum atomic E-state index is 11.9. The third kappa shape index (κ3) is 4.54. The maximum absolute atomic E-state index is 11.9. The molecule has 2 atom stereocenters. The van der Waals surface area contributed by atoms with E-state index in [0.29, 0.717) is 0 Å². The monoisotopic (exact) mass is 243 g/mol. The molecular weight excluding hydrogens is 218 g/mol. The predicted molar refractivity (Wildman–Crippen MR) is 66.9 cm³/mol. The van der Waals surface area contributed by atoms with Gasteiger partial charge in [-0.2, -0.15) is 0 Å². The van der Waals surface area contributed by atoms with Crippen LogP contribution in [0.2, 0.25) is 0 Å². The molecule has 1 aliphatic carbocycles. The summed E-state index contributed by atoms with van der Waals surface area (Å²) in [6, 6.07) is -0.104. The van der Waals surface area contributed by atoms with E-state index in [2.05, 4.69) is 0 Å². The minimum atomic E-state index is -0.485. The molecule has 0 heterocycles. The van der Waals surface area contributed by atoms with Gasteiger partial charge in [0.2, 0.25) is 0 Å². The summed E-state index contributed by atoms with van der Waals surface area (Å²) in [4.78, 5) is 13.5. The lowest BCUT2D eigenvalue weighted by Crippen LogP contribution is -2.46. The zero-order chi connectivity index (χ0) is 13.1. The highest BCUT2D eigenvalue weighted by atomic mass is 16.6. The van der Waals surface area contributed by atoms with Gasteiger partial charge in [0.15, 0.2) is 0 Å². The molecule has 0 spiro atoms. The molecule has 1 amide bonds. The molecule has 100 valence electrons. The molecule has 0 bridgehead atoms.